The number of aromatic nitrogens is 2. The number of benzene rings is 2. The minimum atomic E-state index is -0.512. The highest BCUT2D eigenvalue weighted by Gasteiger charge is 2.45. The molecule has 2 aromatic carbocycles. The van der Waals surface area contributed by atoms with Crippen molar-refractivity contribution in [2.24, 2.45) is 10.3 Å². The number of cyclic esters (lactones) is 1. The first-order valence-electron chi connectivity index (χ1n) is 10.4. The SMILES string of the molecule is COc1cccc([C@H]2[C@H](CN3CC(c4nnc(C)o4)N=N3)OC(=O)N2c2ccc(Cl)cc2)c1. The molecular formula is C22H21ClN6O4. The smallest absolute Gasteiger partial charge is 0.415 e. The lowest BCUT2D eigenvalue weighted by Gasteiger charge is -2.27. The molecule has 2 aliphatic rings. The van der Waals surface area contributed by atoms with Gasteiger partial charge in [-0.25, -0.2) is 4.79 Å². The van der Waals surface area contributed by atoms with Crippen molar-refractivity contribution in [2.75, 3.05) is 25.1 Å². The van der Waals surface area contributed by atoms with Gasteiger partial charge in [0, 0.05) is 17.6 Å². The van der Waals surface area contributed by atoms with E-state index >= 15 is 0 Å². The fraction of sp³-hybridized carbons (Fsp3) is 0.318. The summed E-state index contributed by atoms with van der Waals surface area (Å²) in [4.78, 5) is 14.6. The van der Waals surface area contributed by atoms with Crippen LogP contribution in [-0.4, -0.2) is 47.6 Å². The van der Waals surface area contributed by atoms with Crippen molar-refractivity contribution in [1.82, 2.24) is 15.2 Å². The molecule has 0 bridgehead atoms. The number of carbonyl (C=O) groups is 1. The molecule has 33 heavy (non-hydrogen) atoms. The molecule has 5 rings (SSSR count). The van der Waals surface area contributed by atoms with Gasteiger partial charge in [0.1, 0.15) is 17.9 Å². The van der Waals surface area contributed by atoms with E-state index in [1.807, 2.05) is 24.3 Å². The number of methoxy groups -OCH3 is 1. The van der Waals surface area contributed by atoms with E-state index in [-0.39, 0.29) is 6.04 Å². The van der Waals surface area contributed by atoms with Crippen LogP contribution >= 0.6 is 11.6 Å². The van der Waals surface area contributed by atoms with Crippen LogP contribution in [0.3, 0.4) is 0 Å². The van der Waals surface area contributed by atoms with Gasteiger partial charge in [-0.15, -0.1) is 10.2 Å². The van der Waals surface area contributed by atoms with Crippen molar-refractivity contribution in [2.45, 2.75) is 25.1 Å². The van der Waals surface area contributed by atoms with Crippen molar-refractivity contribution in [3.8, 4) is 5.75 Å². The standard InChI is InChI=1S/C22H21ClN6O4/c1-13-24-26-21(32-13)18-11-28(27-25-18)12-19-20(14-4-3-5-17(10-14)31-2)29(22(30)33-19)16-8-6-15(23)7-9-16/h3-10,18-20H,11-12H2,1-2H3/t18?,19-,20-/m0/s1. The number of nitrogens with zero attached hydrogens (tertiary/aromatic N) is 6. The van der Waals surface area contributed by atoms with E-state index in [0.29, 0.717) is 41.3 Å². The van der Waals surface area contributed by atoms with Crippen LogP contribution in [-0.2, 0) is 4.74 Å². The van der Waals surface area contributed by atoms with E-state index in [4.69, 9.17) is 25.5 Å². The molecule has 1 aromatic heterocycles. The third kappa shape index (κ3) is 4.21. The summed E-state index contributed by atoms with van der Waals surface area (Å²) in [5.41, 5.74) is 1.56. The number of aryl methyl sites for hydroxylation is 1. The zero-order valence-corrected chi connectivity index (χ0v) is 18.7. The molecule has 3 heterocycles. The monoisotopic (exact) mass is 468 g/mol. The van der Waals surface area contributed by atoms with Crippen LogP contribution in [0.5, 0.6) is 5.75 Å². The van der Waals surface area contributed by atoms with Gasteiger partial charge < -0.3 is 13.9 Å². The van der Waals surface area contributed by atoms with Gasteiger partial charge in [0.25, 0.3) is 0 Å². The Kier molecular flexibility index (Phi) is 5.59. The van der Waals surface area contributed by atoms with E-state index in [2.05, 4.69) is 20.5 Å². The van der Waals surface area contributed by atoms with Crippen LogP contribution in [0.1, 0.15) is 29.4 Å². The second-order valence-electron chi connectivity index (χ2n) is 7.74. The number of hydrogen-bond acceptors (Lipinski definition) is 9. The van der Waals surface area contributed by atoms with Crippen molar-refractivity contribution >= 4 is 23.4 Å². The third-order valence-corrected chi connectivity index (χ3v) is 5.79. The molecule has 0 radical (unpaired) electrons. The van der Waals surface area contributed by atoms with Crippen LogP contribution in [0.25, 0.3) is 0 Å². The van der Waals surface area contributed by atoms with Crippen molar-refractivity contribution in [3.63, 3.8) is 0 Å². The molecule has 1 unspecified atom stereocenters. The fourth-order valence-electron chi connectivity index (χ4n) is 4.03. The van der Waals surface area contributed by atoms with Crippen LogP contribution in [0.2, 0.25) is 5.02 Å². The fourth-order valence-corrected chi connectivity index (χ4v) is 4.15. The molecule has 11 heteroatoms. The zero-order valence-electron chi connectivity index (χ0n) is 18.0. The maximum Gasteiger partial charge on any atom is 0.415 e. The number of halogens is 1. The lowest BCUT2D eigenvalue weighted by Crippen LogP contribution is -2.35. The number of ether oxygens (including phenoxy) is 2. The topological polar surface area (TPSA) is 106 Å². The van der Waals surface area contributed by atoms with Crippen LogP contribution in [0, 0.1) is 6.92 Å². The molecule has 1 amide bonds. The minimum Gasteiger partial charge on any atom is -0.497 e. The highest BCUT2D eigenvalue weighted by molar-refractivity contribution is 6.30. The van der Waals surface area contributed by atoms with Crippen LogP contribution in [0.4, 0.5) is 10.5 Å². The summed E-state index contributed by atoms with van der Waals surface area (Å²) in [6.07, 6.45) is -0.960. The Labute approximate surface area is 194 Å². The largest absolute Gasteiger partial charge is 0.497 e. The first-order valence-corrected chi connectivity index (χ1v) is 10.7. The van der Waals surface area contributed by atoms with E-state index < -0.39 is 18.2 Å². The Morgan fingerprint density at radius 1 is 1.18 bits per heavy atom. The maximum absolute atomic E-state index is 13.0. The molecule has 0 aliphatic carbocycles. The van der Waals surface area contributed by atoms with Crippen molar-refractivity contribution in [1.29, 1.82) is 0 Å². The Morgan fingerprint density at radius 2 is 2.00 bits per heavy atom. The molecular weight excluding hydrogens is 448 g/mol. The lowest BCUT2D eigenvalue weighted by atomic mass is 9.99. The predicted octanol–water partition coefficient (Wildman–Crippen LogP) is 4.53. The van der Waals surface area contributed by atoms with Gasteiger partial charge in [-0.3, -0.25) is 9.91 Å². The van der Waals surface area contributed by atoms with E-state index in [1.54, 1.807) is 48.2 Å². The maximum atomic E-state index is 13.0. The summed E-state index contributed by atoms with van der Waals surface area (Å²) >= 11 is 6.06. The summed E-state index contributed by atoms with van der Waals surface area (Å²) in [6.45, 7) is 2.51. The van der Waals surface area contributed by atoms with Crippen molar-refractivity contribution in [3.05, 3.63) is 70.9 Å². The van der Waals surface area contributed by atoms with Gasteiger partial charge in [0.05, 0.1) is 20.2 Å². The molecule has 10 nitrogen and oxygen atoms in total. The molecule has 0 spiro atoms. The normalized spacial score (nSPS) is 22.2. The molecule has 3 aromatic rings. The van der Waals surface area contributed by atoms with Crippen LogP contribution in [0.15, 0.2) is 63.3 Å². The zero-order chi connectivity index (χ0) is 22.9. The van der Waals surface area contributed by atoms with E-state index in [0.717, 1.165) is 5.56 Å². The first kappa shape index (κ1) is 21.2. The quantitative estimate of drug-likeness (QED) is 0.523. The van der Waals surface area contributed by atoms with Gasteiger partial charge in [-0.05, 0) is 42.0 Å². The Hall–Kier alpha value is -3.66. The van der Waals surface area contributed by atoms with E-state index in [9.17, 15) is 4.79 Å². The minimum absolute atomic E-state index is 0.338. The number of hydrogen-bond donors (Lipinski definition) is 0. The Morgan fingerprint density at radius 3 is 2.73 bits per heavy atom. The van der Waals surface area contributed by atoms with Gasteiger partial charge in [0.2, 0.25) is 11.8 Å². The second kappa shape index (κ2) is 8.70. The highest BCUT2D eigenvalue weighted by Crippen LogP contribution is 2.39. The van der Waals surface area contributed by atoms with Gasteiger partial charge in [-0.2, -0.15) is 5.11 Å². The number of amides is 1. The number of carbonyl (C=O) groups excluding carboxylic acids is 1. The first-order chi connectivity index (χ1) is 16.0. The molecule has 0 saturated carbocycles. The molecule has 0 N–H and O–H groups in total. The highest BCUT2D eigenvalue weighted by atomic mass is 35.5. The Balaban J connectivity index is 1.42. The lowest BCUT2D eigenvalue weighted by molar-refractivity contribution is 0.0997. The summed E-state index contributed by atoms with van der Waals surface area (Å²) in [6, 6.07) is 13.9. The molecule has 2 aliphatic heterocycles. The molecule has 1 fully saturated rings. The average Bonchev–Trinajstić information content (AvgIpc) is 3.53. The molecule has 1 saturated heterocycles. The summed E-state index contributed by atoms with van der Waals surface area (Å²) in [5.74, 6) is 1.57. The van der Waals surface area contributed by atoms with Gasteiger partial charge in [0.15, 0.2) is 6.04 Å². The van der Waals surface area contributed by atoms with Crippen molar-refractivity contribution < 1.29 is 18.7 Å². The molecule has 170 valence electrons. The third-order valence-electron chi connectivity index (χ3n) is 5.54. The number of anilines is 1. The van der Waals surface area contributed by atoms with E-state index in [1.165, 1.54) is 0 Å². The Bertz CT molecular complexity index is 1180. The summed E-state index contributed by atoms with van der Waals surface area (Å²) in [5, 5.41) is 18.7. The average molecular weight is 469 g/mol. The predicted molar refractivity (Wildman–Crippen MR) is 118 cm³/mol. The molecule has 3 atom stereocenters. The van der Waals surface area contributed by atoms with Gasteiger partial charge >= 0.3 is 6.09 Å². The second-order valence-corrected chi connectivity index (χ2v) is 8.18. The van der Waals surface area contributed by atoms with Crippen LogP contribution < -0.4 is 9.64 Å². The summed E-state index contributed by atoms with van der Waals surface area (Å²) in [7, 11) is 1.61. The summed E-state index contributed by atoms with van der Waals surface area (Å²) < 4.78 is 16.7. The number of rotatable bonds is 6. The van der Waals surface area contributed by atoms with Gasteiger partial charge in [-0.1, -0.05) is 29.0 Å².